The first-order valence-electron chi connectivity index (χ1n) is 7.07. The summed E-state index contributed by atoms with van der Waals surface area (Å²) in [6.07, 6.45) is 9.99. The van der Waals surface area contributed by atoms with E-state index in [1.165, 1.54) is 38.5 Å². The van der Waals surface area contributed by atoms with Crippen LogP contribution in [0.4, 0.5) is 0 Å². The van der Waals surface area contributed by atoms with Crippen LogP contribution in [0, 0.1) is 23.2 Å². The summed E-state index contributed by atoms with van der Waals surface area (Å²) in [5.41, 5.74) is 6.08. The molecule has 2 heteroatoms. The van der Waals surface area contributed by atoms with Crippen molar-refractivity contribution in [3.63, 3.8) is 0 Å². The molecular formula is C14H25NO. The number of hydrogen-bond acceptors (Lipinski definition) is 2. The summed E-state index contributed by atoms with van der Waals surface area (Å²) in [4.78, 5) is 0. The Balaban J connectivity index is 1.56. The van der Waals surface area contributed by atoms with E-state index >= 15 is 0 Å². The highest BCUT2D eigenvalue weighted by Crippen LogP contribution is 2.59. The Morgan fingerprint density at radius 1 is 1.00 bits per heavy atom. The van der Waals surface area contributed by atoms with Gasteiger partial charge >= 0.3 is 0 Å². The third-order valence-corrected chi connectivity index (χ3v) is 5.07. The van der Waals surface area contributed by atoms with Gasteiger partial charge in [0.05, 0.1) is 6.61 Å². The van der Waals surface area contributed by atoms with Crippen molar-refractivity contribution in [1.29, 1.82) is 0 Å². The van der Waals surface area contributed by atoms with Crippen LogP contribution >= 0.6 is 0 Å². The van der Waals surface area contributed by atoms with E-state index in [1.807, 2.05) is 0 Å². The Morgan fingerprint density at radius 3 is 2.06 bits per heavy atom. The molecule has 0 aliphatic heterocycles. The minimum atomic E-state index is 0.587. The number of nitrogens with two attached hydrogens (primary N) is 1. The molecule has 0 aromatic carbocycles. The summed E-state index contributed by atoms with van der Waals surface area (Å²) in [7, 11) is 0. The van der Waals surface area contributed by atoms with Crippen LogP contribution in [0.2, 0.25) is 0 Å². The molecule has 0 atom stereocenters. The number of hydrogen-bond donors (Lipinski definition) is 1. The average molecular weight is 223 g/mol. The molecule has 2 nitrogen and oxygen atoms in total. The molecule has 4 aliphatic rings. The lowest BCUT2D eigenvalue weighted by Crippen LogP contribution is -2.48. The Morgan fingerprint density at radius 2 is 1.56 bits per heavy atom. The monoisotopic (exact) mass is 223 g/mol. The third-order valence-electron chi connectivity index (χ3n) is 5.07. The Kier molecular flexibility index (Phi) is 2.97. The van der Waals surface area contributed by atoms with Gasteiger partial charge in [-0.25, -0.2) is 0 Å². The standard InChI is InChI=1S/C14H25NO/c15-2-1-3-16-10-14-7-11-4-12(8-14)6-13(5-11)9-14/h11-13H,1-10,15H2. The quantitative estimate of drug-likeness (QED) is 0.727. The second kappa shape index (κ2) is 4.30. The topological polar surface area (TPSA) is 35.2 Å². The van der Waals surface area contributed by atoms with Gasteiger partial charge in [-0.05, 0) is 74.7 Å². The van der Waals surface area contributed by atoms with Crippen molar-refractivity contribution < 1.29 is 4.74 Å². The molecule has 0 unspecified atom stereocenters. The van der Waals surface area contributed by atoms with Gasteiger partial charge in [0.1, 0.15) is 0 Å². The zero-order valence-corrected chi connectivity index (χ0v) is 10.3. The molecule has 4 aliphatic carbocycles. The molecule has 0 aromatic rings. The van der Waals surface area contributed by atoms with Crippen LogP contribution in [0.15, 0.2) is 0 Å². The van der Waals surface area contributed by atoms with Crippen LogP contribution < -0.4 is 5.73 Å². The van der Waals surface area contributed by atoms with Gasteiger partial charge in [-0.3, -0.25) is 0 Å². The lowest BCUT2D eigenvalue weighted by molar-refractivity contribution is -0.0963. The highest BCUT2D eigenvalue weighted by Gasteiger charge is 2.50. The van der Waals surface area contributed by atoms with Crippen LogP contribution in [0.25, 0.3) is 0 Å². The van der Waals surface area contributed by atoms with Gasteiger partial charge in [-0.2, -0.15) is 0 Å². The van der Waals surface area contributed by atoms with Crippen molar-refractivity contribution in [2.45, 2.75) is 44.9 Å². The Labute approximate surface area is 98.9 Å². The smallest absolute Gasteiger partial charge is 0.0522 e. The van der Waals surface area contributed by atoms with Crippen molar-refractivity contribution in [3.05, 3.63) is 0 Å². The molecular weight excluding hydrogens is 198 g/mol. The van der Waals surface area contributed by atoms with Gasteiger partial charge in [0.2, 0.25) is 0 Å². The maximum Gasteiger partial charge on any atom is 0.0522 e. The minimum absolute atomic E-state index is 0.587. The largest absolute Gasteiger partial charge is 0.381 e. The van der Waals surface area contributed by atoms with Crippen LogP contribution in [-0.4, -0.2) is 19.8 Å². The van der Waals surface area contributed by atoms with Gasteiger partial charge in [0.15, 0.2) is 0 Å². The number of ether oxygens (including phenoxy) is 1. The zero-order chi connectivity index (χ0) is 11.0. The first-order chi connectivity index (χ1) is 7.80. The van der Waals surface area contributed by atoms with E-state index < -0.39 is 0 Å². The van der Waals surface area contributed by atoms with Crippen molar-refractivity contribution >= 4 is 0 Å². The lowest BCUT2D eigenvalue weighted by atomic mass is 9.50. The van der Waals surface area contributed by atoms with E-state index in [4.69, 9.17) is 10.5 Å². The third kappa shape index (κ3) is 2.02. The van der Waals surface area contributed by atoms with E-state index in [0.29, 0.717) is 5.41 Å². The molecule has 0 radical (unpaired) electrons. The first-order valence-corrected chi connectivity index (χ1v) is 7.07. The van der Waals surface area contributed by atoms with Crippen molar-refractivity contribution in [1.82, 2.24) is 0 Å². The van der Waals surface area contributed by atoms with Crippen molar-refractivity contribution in [2.24, 2.45) is 28.9 Å². The summed E-state index contributed by atoms with van der Waals surface area (Å²) in [5, 5.41) is 0. The summed E-state index contributed by atoms with van der Waals surface area (Å²) < 4.78 is 5.88. The summed E-state index contributed by atoms with van der Waals surface area (Å²) in [6.45, 7) is 2.66. The normalized spacial score (nSPS) is 45.2. The van der Waals surface area contributed by atoms with E-state index in [-0.39, 0.29) is 0 Å². The van der Waals surface area contributed by atoms with Crippen LogP contribution in [0.1, 0.15) is 44.9 Å². The molecule has 0 aromatic heterocycles. The second-order valence-corrected chi connectivity index (χ2v) is 6.61. The molecule has 92 valence electrons. The minimum Gasteiger partial charge on any atom is -0.381 e. The lowest BCUT2D eigenvalue weighted by Gasteiger charge is -2.56. The van der Waals surface area contributed by atoms with Gasteiger partial charge in [0.25, 0.3) is 0 Å². The molecule has 0 amide bonds. The van der Waals surface area contributed by atoms with Gasteiger partial charge in [-0.1, -0.05) is 0 Å². The summed E-state index contributed by atoms with van der Waals surface area (Å²) in [6, 6.07) is 0. The molecule has 0 saturated heterocycles. The van der Waals surface area contributed by atoms with Crippen molar-refractivity contribution in [3.8, 4) is 0 Å². The summed E-state index contributed by atoms with van der Waals surface area (Å²) >= 11 is 0. The number of rotatable bonds is 5. The van der Waals surface area contributed by atoms with E-state index in [1.54, 1.807) is 0 Å². The zero-order valence-electron chi connectivity index (χ0n) is 10.3. The molecule has 4 fully saturated rings. The van der Waals surface area contributed by atoms with E-state index in [9.17, 15) is 0 Å². The van der Waals surface area contributed by atoms with Gasteiger partial charge in [-0.15, -0.1) is 0 Å². The SMILES string of the molecule is NCCCOCC12CC3CC(CC(C3)C1)C2. The molecule has 4 rings (SSSR count). The predicted octanol–water partition coefficient (Wildman–Crippen LogP) is 2.57. The molecule has 16 heavy (non-hydrogen) atoms. The van der Waals surface area contributed by atoms with Crippen LogP contribution in [-0.2, 0) is 4.74 Å². The van der Waals surface area contributed by atoms with Crippen LogP contribution in [0.5, 0.6) is 0 Å². The fourth-order valence-corrected chi connectivity index (χ4v) is 4.94. The first kappa shape index (κ1) is 11.0. The molecule has 4 saturated carbocycles. The fourth-order valence-electron chi connectivity index (χ4n) is 4.94. The molecule has 4 bridgehead atoms. The molecule has 0 spiro atoms. The highest BCUT2D eigenvalue weighted by atomic mass is 16.5. The maximum absolute atomic E-state index is 5.88. The predicted molar refractivity (Wildman–Crippen MR) is 65.1 cm³/mol. The second-order valence-electron chi connectivity index (χ2n) is 6.61. The van der Waals surface area contributed by atoms with Crippen molar-refractivity contribution in [2.75, 3.05) is 19.8 Å². The average Bonchev–Trinajstić information content (AvgIpc) is 2.22. The fraction of sp³-hybridized carbons (Fsp3) is 1.00. The van der Waals surface area contributed by atoms with E-state index in [2.05, 4.69) is 0 Å². The van der Waals surface area contributed by atoms with Crippen LogP contribution in [0.3, 0.4) is 0 Å². The van der Waals surface area contributed by atoms with E-state index in [0.717, 1.165) is 43.9 Å². The highest BCUT2D eigenvalue weighted by molar-refractivity contribution is 5.01. The molecule has 2 N–H and O–H groups in total. The molecule has 0 heterocycles. The summed E-state index contributed by atoms with van der Waals surface area (Å²) in [5.74, 6) is 3.14. The Bertz CT molecular complexity index is 216. The van der Waals surface area contributed by atoms with Gasteiger partial charge in [0, 0.05) is 6.61 Å². The maximum atomic E-state index is 5.88. The van der Waals surface area contributed by atoms with Gasteiger partial charge < -0.3 is 10.5 Å². The Hall–Kier alpha value is -0.0800.